The molecular formula is C9H15IO2Zn. The van der Waals surface area contributed by atoms with Crippen LogP contribution in [0.3, 0.4) is 0 Å². The second kappa shape index (κ2) is 12.6. The molecule has 13 heavy (non-hydrogen) atoms. The van der Waals surface area contributed by atoms with Gasteiger partial charge in [0.15, 0.2) is 0 Å². The summed E-state index contributed by atoms with van der Waals surface area (Å²) in [7, 11) is 1.40. The van der Waals surface area contributed by atoms with Crippen LogP contribution in [0.4, 0.5) is 0 Å². The van der Waals surface area contributed by atoms with Gasteiger partial charge in [-0.1, -0.05) is 0 Å². The van der Waals surface area contributed by atoms with Crippen molar-refractivity contribution in [3.05, 3.63) is 12.2 Å². The molecule has 0 atom stereocenters. The van der Waals surface area contributed by atoms with Gasteiger partial charge in [-0.3, -0.25) is 0 Å². The van der Waals surface area contributed by atoms with E-state index in [0.29, 0.717) is 0 Å². The molecule has 0 amide bonds. The predicted molar refractivity (Wildman–Crippen MR) is 44.4 cm³/mol. The maximum Gasteiger partial charge on any atom is -1.00 e. The van der Waals surface area contributed by atoms with E-state index in [1.165, 1.54) is 55.8 Å². The van der Waals surface area contributed by atoms with Crippen molar-refractivity contribution >= 4 is 5.97 Å². The van der Waals surface area contributed by atoms with Crippen LogP contribution in [0.15, 0.2) is 12.2 Å². The summed E-state index contributed by atoms with van der Waals surface area (Å²) in [6.45, 7) is 0. The van der Waals surface area contributed by atoms with Gasteiger partial charge >= 0.3 is 83.8 Å². The SMILES string of the molecule is COC(=O)/C=C/CCCC[CH2][Zn+].[I-]. The number of hydrogen-bond donors (Lipinski definition) is 0. The first-order valence-corrected chi connectivity index (χ1v) is 6.44. The van der Waals surface area contributed by atoms with Gasteiger partial charge in [0.05, 0.1) is 0 Å². The van der Waals surface area contributed by atoms with Crippen LogP contribution in [0, 0.1) is 0 Å². The summed E-state index contributed by atoms with van der Waals surface area (Å²) in [5, 5.41) is 1.38. The van der Waals surface area contributed by atoms with Crippen LogP contribution in [0.1, 0.15) is 25.7 Å². The molecule has 0 aromatic heterocycles. The number of halogens is 1. The van der Waals surface area contributed by atoms with E-state index in [-0.39, 0.29) is 29.9 Å². The van der Waals surface area contributed by atoms with Crippen molar-refractivity contribution in [2.45, 2.75) is 30.7 Å². The predicted octanol–water partition coefficient (Wildman–Crippen LogP) is -0.755. The molecule has 0 aromatic rings. The Labute approximate surface area is 107 Å². The van der Waals surface area contributed by atoms with Gasteiger partial charge in [-0.05, 0) is 0 Å². The van der Waals surface area contributed by atoms with E-state index in [4.69, 9.17) is 0 Å². The van der Waals surface area contributed by atoms with Crippen LogP contribution >= 0.6 is 0 Å². The summed E-state index contributed by atoms with van der Waals surface area (Å²) in [4.78, 5) is 10.6. The Morgan fingerprint density at radius 2 is 2.08 bits per heavy atom. The molecule has 0 aliphatic carbocycles. The number of methoxy groups -OCH3 is 1. The third-order valence-electron chi connectivity index (χ3n) is 1.58. The molecule has 0 unspecified atom stereocenters. The number of esters is 1. The van der Waals surface area contributed by atoms with E-state index in [9.17, 15) is 4.79 Å². The average molecular weight is 348 g/mol. The second-order valence-corrected chi connectivity index (χ2v) is 4.11. The monoisotopic (exact) mass is 346 g/mol. The van der Waals surface area contributed by atoms with Crippen molar-refractivity contribution < 1.29 is 51.8 Å². The zero-order chi connectivity index (χ0) is 9.23. The van der Waals surface area contributed by atoms with Crippen LogP contribution in [-0.2, 0) is 27.8 Å². The zero-order valence-electron chi connectivity index (χ0n) is 8.09. The van der Waals surface area contributed by atoms with Gasteiger partial charge in [-0.15, -0.1) is 0 Å². The van der Waals surface area contributed by atoms with Crippen LogP contribution in [-0.4, -0.2) is 13.1 Å². The number of hydrogen-bond acceptors (Lipinski definition) is 2. The third kappa shape index (κ3) is 12.6. The minimum absolute atomic E-state index is 0. The molecule has 0 aliphatic heterocycles. The molecule has 0 saturated heterocycles. The zero-order valence-corrected chi connectivity index (χ0v) is 13.2. The van der Waals surface area contributed by atoms with E-state index in [2.05, 4.69) is 4.74 Å². The molecule has 0 radical (unpaired) electrons. The van der Waals surface area contributed by atoms with Gasteiger partial charge in [0.1, 0.15) is 0 Å². The Hall–Kier alpha value is 0.563. The largest absolute Gasteiger partial charge is 1.00 e. The normalized spacial score (nSPS) is 9.77. The summed E-state index contributed by atoms with van der Waals surface area (Å²) >= 11 is 1.40. The molecule has 72 valence electrons. The molecule has 0 fully saturated rings. The maximum atomic E-state index is 10.6. The molecule has 2 nitrogen and oxygen atoms in total. The van der Waals surface area contributed by atoms with Gasteiger partial charge < -0.3 is 24.0 Å². The smallest absolute Gasteiger partial charge is 1.00 e. The van der Waals surface area contributed by atoms with Crippen molar-refractivity contribution in [3.8, 4) is 0 Å². The van der Waals surface area contributed by atoms with Crippen molar-refractivity contribution in [1.82, 2.24) is 0 Å². The number of carbonyl (C=O) groups is 1. The molecule has 0 rings (SSSR count). The van der Waals surface area contributed by atoms with E-state index >= 15 is 0 Å². The number of rotatable bonds is 6. The molecule has 4 heteroatoms. The second-order valence-electron chi connectivity index (χ2n) is 2.63. The van der Waals surface area contributed by atoms with Crippen molar-refractivity contribution in [3.63, 3.8) is 0 Å². The molecule has 0 aromatic carbocycles. The Bertz CT molecular complexity index is 149. The first kappa shape index (κ1) is 16.0. The van der Waals surface area contributed by atoms with E-state index in [0.717, 1.165) is 6.42 Å². The van der Waals surface area contributed by atoms with Gasteiger partial charge in [0.2, 0.25) is 0 Å². The standard InChI is InChI=1S/C9H15O2.HI.Zn/c1-3-4-5-6-7-8-9(10)11-2;;/h7-8H,1,3-6H2,2H3;1H;/q;;+1/p-1/b8-7+;;. The maximum absolute atomic E-state index is 10.6. The minimum atomic E-state index is -0.253. The fourth-order valence-corrected chi connectivity index (χ4v) is 1.61. The summed E-state index contributed by atoms with van der Waals surface area (Å²) in [6, 6.07) is 0. The Balaban J connectivity index is 0. The molecule has 0 aliphatic rings. The number of carbonyl (C=O) groups excluding carboxylic acids is 1. The quantitative estimate of drug-likeness (QED) is 0.208. The van der Waals surface area contributed by atoms with Crippen LogP contribution in [0.2, 0.25) is 5.02 Å². The average Bonchev–Trinajstić information content (AvgIpc) is 2.10. The van der Waals surface area contributed by atoms with Crippen LogP contribution < -0.4 is 24.0 Å². The van der Waals surface area contributed by atoms with E-state index in [1.807, 2.05) is 6.08 Å². The number of allylic oxidation sites excluding steroid dienone is 1. The summed E-state index contributed by atoms with van der Waals surface area (Å²) in [5.41, 5.74) is 0. The van der Waals surface area contributed by atoms with Gasteiger partial charge in [-0.2, -0.15) is 0 Å². The molecule has 0 saturated carbocycles. The van der Waals surface area contributed by atoms with Crippen molar-refractivity contribution in [2.24, 2.45) is 0 Å². The Morgan fingerprint density at radius 1 is 1.38 bits per heavy atom. The van der Waals surface area contributed by atoms with Gasteiger partial charge in [0.25, 0.3) is 0 Å². The van der Waals surface area contributed by atoms with Gasteiger partial charge in [-0.25, -0.2) is 0 Å². The summed E-state index contributed by atoms with van der Waals surface area (Å²) < 4.78 is 4.46. The molecular weight excluding hydrogens is 332 g/mol. The fraction of sp³-hybridized carbons (Fsp3) is 0.667. The molecule has 0 N–H and O–H groups in total. The Kier molecular flexibility index (Phi) is 15.5. The van der Waals surface area contributed by atoms with Crippen molar-refractivity contribution in [1.29, 1.82) is 0 Å². The first-order chi connectivity index (χ1) is 5.81. The number of ether oxygens (including phenoxy) is 1. The first-order valence-electron chi connectivity index (χ1n) is 4.35. The summed E-state index contributed by atoms with van der Waals surface area (Å²) in [5.74, 6) is -0.253. The van der Waals surface area contributed by atoms with Crippen molar-refractivity contribution in [2.75, 3.05) is 7.11 Å². The summed E-state index contributed by atoms with van der Waals surface area (Å²) in [6.07, 6.45) is 8.19. The molecule has 0 spiro atoms. The topological polar surface area (TPSA) is 26.3 Å². The third-order valence-corrected chi connectivity index (χ3v) is 2.62. The molecule has 0 bridgehead atoms. The number of unbranched alkanes of at least 4 members (excludes halogenated alkanes) is 3. The molecule has 0 heterocycles. The van der Waals surface area contributed by atoms with Crippen LogP contribution in [0.5, 0.6) is 0 Å². The van der Waals surface area contributed by atoms with Crippen LogP contribution in [0.25, 0.3) is 0 Å². The fourth-order valence-electron chi connectivity index (χ4n) is 0.863. The minimum Gasteiger partial charge on any atom is -1.00 e. The van der Waals surface area contributed by atoms with E-state index in [1.54, 1.807) is 0 Å². The van der Waals surface area contributed by atoms with E-state index < -0.39 is 0 Å². The van der Waals surface area contributed by atoms with Gasteiger partial charge in [0, 0.05) is 0 Å². The Morgan fingerprint density at radius 3 is 2.62 bits per heavy atom.